The van der Waals surface area contributed by atoms with Crippen molar-refractivity contribution in [2.24, 2.45) is 5.92 Å². The van der Waals surface area contributed by atoms with Gasteiger partial charge in [-0.15, -0.1) is 11.3 Å². The first-order valence-electron chi connectivity index (χ1n) is 7.99. The molecule has 1 fully saturated rings. The van der Waals surface area contributed by atoms with Crippen LogP contribution in [-0.2, 0) is 14.8 Å². The number of nitrogens with one attached hydrogen (secondary N) is 2. The van der Waals surface area contributed by atoms with Crippen molar-refractivity contribution in [3.63, 3.8) is 0 Å². The van der Waals surface area contributed by atoms with E-state index in [1.54, 1.807) is 5.38 Å². The second-order valence-corrected chi connectivity index (χ2v) is 9.00. The highest BCUT2D eigenvalue weighted by molar-refractivity contribution is 7.89. The van der Waals surface area contributed by atoms with Gasteiger partial charge in [0.15, 0.2) is 0 Å². The maximum absolute atomic E-state index is 12.7. The standard InChI is InChI=1S/C15H23N3O4S2/c1-11(2)10-13(19)16-17-15(20)14-12(6-9-23-14)24(21,22)18-7-4-3-5-8-18/h6,9,11H,3-5,7-8,10H2,1-2H3,(H,16,19)(H,17,20). The average Bonchev–Trinajstić information content (AvgIpc) is 3.03. The number of rotatable bonds is 5. The molecule has 0 aromatic carbocycles. The van der Waals surface area contributed by atoms with Crippen LogP contribution in [0.5, 0.6) is 0 Å². The summed E-state index contributed by atoms with van der Waals surface area (Å²) in [4.78, 5) is 23.9. The molecule has 7 nitrogen and oxygen atoms in total. The minimum absolute atomic E-state index is 0.00464. The van der Waals surface area contributed by atoms with Gasteiger partial charge in [0.1, 0.15) is 9.77 Å². The highest BCUT2D eigenvalue weighted by Gasteiger charge is 2.31. The molecule has 2 rings (SSSR count). The monoisotopic (exact) mass is 373 g/mol. The summed E-state index contributed by atoms with van der Waals surface area (Å²) in [6, 6.07) is 1.44. The largest absolute Gasteiger partial charge is 0.281 e. The lowest BCUT2D eigenvalue weighted by Crippen LogP contribution is -2.42. The van der Waals surface area contributed by atoms with Crippen LogP contribution in [-0.4, -0.2) is 37.6 Å². The Labute approximate surface area is 146 Å². The lowest BCUT2D eigenvalue weighted by atomic mass is 10.1. The molecule has 0 unspecified atom stereocenters. The summed E-state index contributed by atoms with van der Waals surface area (Å²) in [5.74, 6) is -0.758. The second-order valence-electron chi connectivity index (χ2n) is 6.18. The van der Waals surface area contributed by atoms with Crippen LogP contribution in [0.1, 0.15) is 49.2 Å². The van der Waals surface area contributed by atoms with E-state index in [9.17, 15) is 18.0 Å². The summed E-state index contributed by atoms with van der Waals surface area (Å²) in [6.45, 7) is 4.74. The smallest absolute Gasteiger partial charge is 0.273 e. The van der Waals surface area contributed by atoms with Gasteiger partial charge in [0.2, 0.25) is 15.9 Å². The Hall–Kier alpha value is -1.45. The molecule has 2 N–H and O–H groups in total. The second kappa shape index (κ2) is 8.09. The van der Waals surface area contributed by atoms with Gasteiger partial charge in [-0.05, 0) is 30.2 Å². The van der Waals surface area contributed by atoms with Crippen molar-refractivity contribution < 1.29 is 18.0 Å². The first-order chi connectivity index (χ1) is 11.3. The Morgan fingerprint density at radius 3 is 2.50 bits per heavy atom. The topological polar surface area (TPSA) is 95.6 Å². The van der Waals surface area contributed by atoms with Crippen LogP contribution in [0.4, 0.5) is 0 Å². The predicted molar refractivity (Wildman–Crippen MR) is 92.0 cm³/mol. The number of piperidine rings is 1. The molecule has 2 amide bonds. The predicted octanol–water partition coefficient (Wildman–Crippen LogP) is 1.73. The lowest BCUT2D eigenvalue weighted by molar-refractivity contribution is -0.122. The van der Waals surface area contributed by atoms with E-state index >= 15 is 0 Å². The van der Waals surface area contributed by atoms with Crippen molar-refractivity contribution in [2.75, 3.05) is 13.1 Å². The molecule has 0 bridgehead atoms. The summed E-state index contributed by atoms with van der Waals surface area (Å²) >= 11 is 1.04. The number of carbonyl (C=O) groups excluding carboxylic acids is 2. The fourth-order valence-corrected chi connectivity index (χ4v) is 5.33. The van der Waals surface area contributed by atoms with Gasteiger partial charge in [-0.2, -0.15) is 4.31 Å². The maximum Gasteiger partial charge on any atom is 0.281 e. The number of sulfonamides is 1. The van der Waals surface area contributed by atoms with E-state index in [2.05, 4.69) is 10.9 Å². The fourth-order valence-electron chi connectivity index (χ4n) is 2.52. The van der Waals surface area contributed by atoms with E-state index in [0.29, 0.717) is 13.1 Å². The molecule has 0 aliphatic carbocycles. The fraction of sp³-hybridized carbons (Fsp3) is 0.600. The molecule has 1 aromatic heterocycles. The number of nitrogens with zero attached hydrogens (tertiary/aromatic N) is 1. The van der Waals surface area contributed by atoms with E-state index < -0.39 is 15.9 Å². The van der Waals surface area contributed by atoms with Gasteiger partial charge in [-0.25, -0.2) is 8.42 Å². The van der Waals surface area contributed by atoms with Crippen LogP contribution in [0, 0.1) is 5.92 Å². The van der Waals surface area contributed by atoms with E-state index in [1.165, 1.54) is 10.4 Å². The van der Waals surface area contributed by atoms with Crippen LogP contribution in [0.15, 0.2) is 16.3 Å². The van der Waals surface area contributed by atoms with E-state index in [0.717, 1.165) is 30.6 Å². The third kappa shape index (κ3) is 4.55. The summed E-state index contributed by atoms with van der Waals surface area (Å²) in [7, 11) is -3.68. The first kappa shape index (κ1) is 18.9. The molecule has 134 valence electrons. The van der Waals surface area contributed by atoms with Gasteiger partial charge in [-0.1, -0.05) is 20.3 Å². The maximum atomic E-state index is 12.7. The number of amides is 2. The summed E-state index contributed by atoms with van der Waals surface area (Å²) in [5.41, 5.74) is 4.61. The van der Waals surface area contributed by atoms with Crippen molar-refractivity contribution >= 4 is 33.2 Å². The average molecular weight is 374 g/mol. The first-order valence-corrected chi connectivity index (χ1v) is 10.3. The normalized spacial score (nSPS) is 16.1. The van der Waals surface area contributed by atoms with Gasteiger partial charge in [0.05, 0.1) is 0 Å². The Morgan fingerprint density at radius 1 is 1.21 bits per heavy atom. The van der Waals surface area contributed by atoms with Crippen LogP contribution in [0.2, 0.25) is 0 Å². The Bertz CT molecular complexity index is 691. The van der Waals surface area contributed by atoms with Gasteiger partial charge >= 0.3 is 0 Å². The summed E-state index contributed by atoms with van der Waals surface area (Å²) in [5, 5.41) is 1.57. The molecule has 1 saturated heterocycles. The van der Waals surface area contributed by atoms with Crippen molar-refractivity contribution in [1.29, 1.82) is 0 Å². The molecule has 0 spiro atoms. The van der Waals surface area contributed by atoms with Crippen LogP contribution in [0.3, 0.4) is 0 Å². The lowest BCUT2D eigenvalue weighted by Gasteiger charge is -2.25. The third-order valence-electron chi connectivity index (χ3n) is 3.68. The molecule has 1 aliphatic rings. The van der Waals surface area contributed by atoms with Crippen molar-refractivity contribution in [3.05, 3.63) is 16.3 Å². The molecule has 1 aliphatic heterocycles. The van der Waals surface area contributed by atoms with Gasteiger partial charge in [0.25, 0.3) is 5.91 Å². The molecule has 0 saturated carbocycles. The van der Waals surface area contributed by atoms with Crippen molar-refractivity contribution in [3.8, 4) is 0 Å². The van der Waals surface area contributed by atoms with Gasteiger partial charge < -0.3 is 0 Å². The van der Waals surface area contributed by atoms with Crippen molar-refractivity contribution in [2.45, 2.75) is 44.4 Å². The number of hydrogen-bond donors (Lipinski definition) is 2. The van der Waals surface area contributed by atoms with Gasteiger partial charge in [-0.3, -0.25) is 20.4 Å². The Balaban J connectivity index is 2.09. The molecule has 9 heteroatoms. The SMILES string of the molecule is CC(C)CC(=O)NNC(=O)c1sccc1S(=O)(=O)N1CCCCC1. The van der Waals surface area contributed by atoms with E-state index in [-0.39, 0.29) is 28.0 Å². The number of carbonyl (C=O) groups is 2. The zero-order valence-electron chi connectivity index (χ0n) is 13.9. The number of hydrazine groups is 1. The molecular formula is C15H23N3O4S2. The van der Waals surface area contributed by atoms with Crippen molar-refractivity contribution in [1.82, 2.24) is 15.2 Å². The minimum atomic E-state index is -3.68. The Morgan fingerprint density at radius 2 is 1.88 bits per heavy atom. The Kier molecular flexibility index (Phi) is 6.36. The van der Waals surface area contributed by atoms with E-state index in [1.807, 2.05) is 13.8 Å². The highest BCUT2D eigenvalue weighted by atomic mass is 32.2. The van der Waals surface area contributed by atoms with Crippen LogP contribution in [0.25, 0.3) is 0 Å². The molecular weight excluding hydrogens is 350 g/mol. The molecule has 2 heterocycles. The van der Waals surface area contributed by atoms with Gasteiger partial charge in [0, 0.05) is 19.5 Å². The van der Waals surface area contributed by atoms with Crippen LogP contribution < -0.4 is 10.9 Å². The molecule has 24 heavy (non-hydrogen) atoms. The zero-order valence-corrected chi connectivity index (χ0v) is 15.5. The summed E-state index contributed by atoms with van der Waals surface area (Å²) in [6.07, 6.45) is 2.96. The zero-order chi connectivity index (χ0) is 17.7. The molecule has 0 atom stereocenters. The summed E-state index contributed by atoms with van der Waals surface area (Å²) < 4.78 is 26.9. The van der Waals surface area contributed by atoms with Crippen LogP contribution >= 0.6 is 11.3 Å². The molecule has 0 radical (unpaired) electrons. The molecule has 1 aromatic rings. The highest BCUT2D eigenvalue weighted by Crippen LogP contribution is 2.27. The number of hydrogen-bond acceptors (Lipinski definition) is 5. The third-order valence-corrected chi connectivity index (χ3v) is 6.66. The van der Waals surface area contributed by atoms with E-state index in [4.69, 9.17) is 0 Å². The minimum Gasteiger partial charge on any atom is -0.273 e. The quantitative estimate of drug-likeness (QED) is 0.769. The number of thiophene rings is 1.